The third kappa shape index (κ3) is 9.10. The molecule has 1 unspecified atom stereocenters. The van der Waals surface area contributed by atoms with Crippen molar-refractivity contribution in [2.45, 2.75) is 46.3 Å². The maximum atomic E-state index is 11.6. The molecule has 0 aliphatic carbocycles. The van der Waals surface area contributed by atoms with Crippen LogP contribution >= 0.6 is 11.3 Å². The van der Waals surface area contributed by atoms with E-state index in [4.69, 9.17) is 4.74 Å². The van der Waals surface area contributed by atoms with Crippen LogP contribution in [-0.4, -0.2) is 62.3 Å². The first-order valence-corrected chi connectivity index (χ1v) is 10.4. The van der Waals surface area contributed by atoms with Crippen LogP contribution in [0.15, 0.2) is 21.8 Å². The number of guanidine groups is 1. The second-order valence-electron chi connectivity index (χ2n) is 7.10. The van der Waals surface area contributed by atoms with Gasteiger partial charge in [-0.1, -0.05) is 13.8 Å². The fourth-order valence-corrected chi connectivity index (χ4v) is 3.37. The fourth-order valence-electron chi connectivity index (χ4n) is 2.66. The van der Waals surface area contributed by atoms with Crippen molar-refractivity contribution in [2.75, 3.05) is 39.8 Å². The monoisotopic (exact) mass is 397 g/mol. The summed E-state index contributed by atoms with van der Waals surface area (Å²) in [4.78, 5) is 18.3. The number of nitrogens with one attached hydrogen (secondary N) is 3. The Morgan fingerprint density at radius 3 is 2.41 bits per heavy atom. The number of likely N-dealkylation sites (N-methyl/N-ethyl adjacent to an activating group) is 1. The Hall–Kier alpha value is -1.80. The largest absolute Gasteiger partial charge is 0.444 e. The molecule has 1 aromatic rings. The van der Waals surface area contributed by atoms with E-state index in [9.17, 15) is 4.79 Å². The number of thiophene rings is 1. The summed E-state index contributed by atoms with van der Waals surface area (Å²) in [5, 5.41) is 13.6. The van der Waals surface area contributed by atoms with Crippen LogP contribution in [0.3, 0.4) is 0 Å². The summed E-state index contributed by atoms with van der Waals surface area (Å²) in [6.07, 6.45) is -0.411. The number of amides is 1. The quantitative estimate of drug-likeness (QED) is 0.339. The minimum atomic E-state index is -0.490. The highest BCUT2D eigenvalue weighted by molar-refractivity contribution is 7.07. The lowest BCUT2D eigenvalue weighted by atomic mass is 10.1. The van der Waals surface area contributed by atoms with Gasteiger partial charge in [-0.15, -0.1) is 0 Å². The van der Waals surface area contributed by atoms with Crippen LogP contribution in [-0.2, 0) is 4.74 Å². The second-order valence-corrected chi connectivity index (χ2v) is 7.88. The van der Waals surface area contributed by atoms with Gasteiger partial charge in [-0.3, -0.25) is 9.89 Å². The summed E-state index contributed by atoms with van der Waals surface area (Å²) in [5.74, 6) is 0.716. The Bertz CT molecular complexity index is 565. The molecule has 8 heteroatoms. The summed E-state index contributed by atoms with van der Waals surface area (Å²) in [7, 11) is 1.74. The minimum absolute atomic E-state index is 0.296. The van der Waals surface area contributed by atoms with Crippen molar-refractivity contribution in [3.63, 3.8) is 0 Å². The molecule has 7 nitrogen and oxygen atoms in total. The maximum Gasteiger partial charge on any atom is 0.407 e. The molecule has 1 heterocycles. The average molecular weight is 398 g/mol. The number of hydrogen-bond acceptors (Lipinski definition) is 5. The van der Waals surface area contributed by atoms with Crippen LogP contribution in [0.1, 0.15) is 46.2 Å². The van der Waals surface area contributed by atoms with Gasteiger partial charge in [-0.25, -0.2) is 4.79 Å². The Balaban J connectivity index is 2.45. The van der Waals surface area contributed by atoms with Gasteiger partial charge in [-0.2, -0.15) is 11.3 Å². The van der Waals surface area contributed by atoms with E-state index >= 15 is 0 Å². The van der Waals surface area contributed by atoms with Crippen molar-refractivity contribution in [3.8, 4) is 0 Å². The average Bonchev–Trinajstić information content (AvgIpc) is 3.12. The Morgan fingerprint density at radius 1 is 1.22 bits per heavy atom. The van der Waals surface area contributed by atoms with Gasteiger partial charge >= 0.3 is 6.09 Å². The molecule has 0 fully saturated rings. The van der Waals surface area contributed by atoms with Gasteiger partial charge in [-0.05, 0) is 56.3 Å². The first-order valence-electron chi connectivity index (χ1n) is 9.48. The van der Waals surface area contributed by atoms with Crippen molar-refractivity contribution < 1.29 is 9.53 Å². The van der Waals surface area contributed by atoms with Gasteiger partial charge in [0.2, 0.25) is 0 Å². The van der Waals surface area contributed by atoms with Crippen LogP contribution in [0.4, 0.5) is 4.79 Å². The number of rotatable bonds is 9. The maximum absolute atomic E-state index is 11.6. The Labute approximate surface area is 167 Å². The van der Waals surface area contributed by atoms with E-state index in [0.29, 0.717) is 25.1 Å². The molecule has 1 atom stereocenters. The predicted molar refractivity (Wildman–Crippen MR) is 114 cm³/mol. The van der Waals surface area contributed by atoms with E-state index in [1.54, 1.807) is 18.4 Å². The first kappa shape index (κ1) is 23.2. The lowest BCUT2D eigenvalue weighted by molar-refractivity contribution is 0.0529. The van der Waals surface area contributed by atoms with Gasteiger partial charge in [0.25, 0.3) is 0 Å². The zero-order valence-corrected chi connectivity index (χ0v) is 18.3. The molecule has 154 valence electrons. The standard InChI is InChI=1S/C19H35N5O2S/c1-7-24(8-2)16(15-9-12-27-14-15)13-23-17(20-6)21-10-11-22-18(25)26-19(3,4)5/h9,12,14,16H,7-8,10-11,13H2,1-6H3,(H,22,25)(H2,20,21,23). The summed E-state index contributed by atoms with van der Waals surface area (Å²) < 4.78 is 5.21. The zero-order valence-electron chi connectivity index (χ0n) is 17.5. The van der Waals surface area contributed by atoms with Crippen molar-refractivity contribution in [1.29, 1.82) is 0 Å². The Kier molecular flexibility index (Phi) is 10.2. The molecule has 27 heavy (non-hydrogen) atoms. The summed E-state index contributed by atoms with van der Waals surface area (Å²) in [6.45, 7) is 13.7. The number of nitrogens with zero attached hydrogens (tertiary/aromatic N) is 2. The number of hydrogen-bond donors (Lipinski definition) is 3. The molecule has 0 aliphatic rings. The van der Waals surface area contributed by atoms with Crippen LogP contribution < -0.4 is 16.0 Å². The Morgan fingerprint density at radius 2 is 1.89 bits per heavy atom. The van der Waals surface area contributed by atoms with Crippen molar-refractivity contribution in [3.05, 3.63) is 22.4 Å². The molecular weight excluding hydrogens is 362 g/mol. The highest BCUT2D eigenvalue weighted by Gasteiger charge is 2.19. The van der Waals surface area contributed by atoms with Crippen LogP contribution in [0.2, 0.25) is 0 Å². The predicted octanol–water partition coefficient (Wildman–Crippen LogP) is 2.82. The van der Waals surface area contributed by atoms with Gasteiger partial charge in [0.15, 0.2) is 5.96 Å². The van der Waals surface area contributed by atoms with Crippen molar-refractivity contribution in [2.24, 2.45) is 4.99 Å². The first-order chi connectivity index (χ1) is 12.8. The number of carbonyl (C=O) groups is 1. The third-order valence-corrected chi connectivity index (χ3v) is 4.65. The van der Waals surface area contributed by atoms with E-state index in [1.807, 2.05) is 20.8 Å². The molecule has 0 saturated heterocycles. The molecular formula is C19H35N5O2S. The summed E-state index contributed by atoms with van der Waals surface area (Å²) in [5.41, 5.74) is 0.828. The van der Waals surface area contributed by atoms with Crippen LogP contribution in [0.25, 0.3) is 0 Å². The highest BCUT2D eigenvalue weighted by atomic mass is 32.1. The molecule has 0 aliphatic heterocycles. The molecule has 1 aromatic heterocycles. The number of alkyl carbamates (subject to hydrolysis) is 1. The van der Waals surface area contributed by atoms with E-state index in [2.05, 4.69) is 56.5 Å². The van der Waals surface area contributed by atoms with E-state index in [1.165, 1.54) is 5.56 Å². The topological polar surface area (TPSA) is 78.0 Å². The molecule has 0 aromatic carbocycles. The minimum Gasteiger partial charge on any atom is -0.444 e. The lowest BCUT2D eigenvalue weighted by Crippen LogP contribution is -2.45. The zero-order chi connectivity index (χ0) is 20.3. The summed E-state index contributed by atoms with van der Waals surface area (Å²) in [6, 6.07) is 2.47. The molecule has 1 amide bonds. The molecule has 0 saturated carbocycles. The van der Waals surface area contributed by atoms with Gasteiger partial charge in [0.05, 0.1) is 6.04 Å². The van der Waals surface area contributed by atoms with Crippen molar-refractivity contribution >= 4 is 23.4 Å². The summed E-state index contributed by atoms with van der Waals surface area (Å²) >= 11 is 1.72. The lowest BCUT2D eigenvalue weighted by Gasteiger charge is -2.30. The number of carbonyl (C=O) groups excluding carboxylic acids is 1. The molecule has 0 spiro atoms. The smallest absolute Gasteiger partial charge is 0.407 e. The van der Waals surface area contributed by atoms with Gasteiger partial charge in [0, 0.05) is 26.7 Å². The number of ether oxygens (including phenoxy) is 1. The third-order valence-electron chi connectivity index (χ3n) is 3.95. The van der Waals surface area contributed by atoms with Gasteiger partial charge in [0.1, 0.15) is 5.60 Å². The van der Waals surface area contributed by atoms with E-state index in [-0.39, 0.29) is 0 Å². The molecule has 0 radical (unpaired) electrons. The normalized spacial score (nSPS) is 13.4. The fraction of sp³-hybridized carbons (Fsp3) is 0.684. The molecule has 0 bridgehead atoms. The SMILES string of the molecule is CCN(CC)C(CNC(=NC)NCCNC(=O)OC(C)(C)C)c1ccsc1. The van der Waals surface area contributed by atoms with Gasteiger partial charge < -0.3 is 20.7 Å². The van der Waals surface area contributed by atoms with Crippen LogP contribution in [0, 0.1) is 0 Å². The molecule has 1 rings (SSSR count). The van der Waals surface area contributed by atoms with E-state index in [0.717, 1.165) is 19.6 Å². The number of aliphatic imine (C=N–C) groups is 1. The highest BCUT2D eigenvalue weighted by Crippen LogP contribution is 2.22. The van der Waals surface area contributed by atoms with E-state index < -0.39 is 11.7 Å². The molecule has 3 N–H and O–H groups in total. The second kappa shape index (κ2) is 11.8. The van der Waals surface area contributed by atoms with Crippen molar-refractivity contribution in [1.82, 2.24) is 20.9 Å². The van der Waals surface area contributed by atoms with Crippen LogP contribution in [0.5, 0.6) is 0 Å².